The Bertz CT molecular complexity index is 769. The van der Waals surface area contributed by atoms with E-state index in [4.69, 9.17) is 9.15 Å². The van der Waals surface area contributed by atoms with E-state index in [0.717, 1.165) is 6.42 Å². The summed E-state index contributed by atoms with van der Waals surface area (Å²) in [6.07, 6.45) is 2.92. The van der Waals surface area contributed by atoms with Crippen molar-refractivity contribution in [2.24, 2.45) is 5.92 Å². The first-order chi connectivity index (χ1) is 13.2. The molecule has 0 saturated heterocycles. The van der Waals surface area contributed by atoms with Gasteiger partial charge in [0, 0.05) is 18.3 Å². The van der Waals surface area contributed by atoms with Crippen LogP contribution in [0.4, 0.5) is 5.69 Å². The molecule has 152 valence electrons. The summed E-state index contributed by atoms with van der Waals surface area (Å²) in [6, 6.07) is 9.92. The minimum Gasteiger partial charge on any atom is -0.484 e. The summed E-state index contributed by atoms with van der Waals surface area (Å²) in [4.78, 5) is 24.0. The van der Waals surface area contributed by atoms with Gasteiger partial charge in [0.2, 0.25) is 0 Å². The summed E-state index contributed by atoms with van der Waals surface area (Å²) in [7, 11) is 0. The maximum atomic E-state index is 12.0. The van der Waals surface area contributed by atoms with Crippen LogP contribution in [0.5, 0.6) is 5.75 Å². The zero-order valence-corrected chi connectivity index (χ0v) is 16.5. The average molecular weight is 388 g/mol. The van der Waals surface area contributed by atoms with E-state index >= 15 is 0 Å². The molecule has 0 bridgehead atoms. The molecule has 0 aliphatic rings. The zero-order valence-electron chi connectivity index (χ0n) is 16.5. The van der Waals surface area contributed by atoms with Gasteiger partial charge in [-0.25, -0.2) is 0 Å². The van der Waals surface area contributed by atoms with Crippen LogP contribution >= 0.6 is 0 Å². The van der Waals surface area contributed by atoms with Crippen LogP contribution in [0, 0.1) is 5.92 Å². The molecule has 7 heteroatoms. The highest BCUT2D eigenvalue weighted by Crippen LogP contribution is 2.18. The van der Waals surface area contributed by atoms with Gasteiger partial charge in [-0.05, 0) is 49.9 Å². The van der Waals surface area contributed by atoms with Crippen LogP contribution in [0.15, 0.2) is 47.1 Å². The van der Waals surface area contributed by atoms with E-state index < -0.39 is 5.60 Å². The Hall–Kier alpha value is -2.80. The van der Waals surface area contributed by atoms with Gasteiger partial charge in [-0.1, -0.05) is 19.9 Å². The number of nitrogens with one attached hydrogen (secondary N) is 2. The third-order valence-electron chi connectivity index (χ3n) is 4.13. The molecular weight excluding hydrogens is 360 g/mol. The minimum absolute atomic E-state index is 0.168. The molecule has 0 aliphatic heterocycles. The second-order valence-electron chi connectivity index (χ2n) is 7.45. The van der Waals surface area contributed by atoms with Crippen LogP contribution in [0.3, 0.4) is 0 Å². The van der Waals surface area contributed by atoms with Gasteiger partial charge < -0.3 is 24.9 Å². The van der Waals surface area contributed by atoms with Gasteiger partial charge in [-0.15, -0.1) is 0 Å². The predicted octanol–water partition coefficient (Wildman–Crippen LogP) is 3.21. The second-order valence-corrected chi connectivity index (χ2v) is 7.45. The van der Waals surface area contributed by atoms with Gasteiger partial charge in [0.05, 0.1) is 11.9 Å². The zero-order chi connectivity index (χ0) is 20.6. The number of furan rings is 1. The molecule has 1 aromatic heterocycles. The quantitative estimate of drug-likeness (QED) is 0.580. The van der Waals surface area contributed by atoms with E-state index in [-0.39, 0.29) is 30.7 Å². The molecule has 0 aliphatic carbocycles. The molecule has 1 atom stereocenters. The molecule has 2 rings (SSSR count). The first kappa shape index (κ1) is 21.5. The summed E-state index contributed by atoms with van der Waals surface area (Å²) in [5.41, 5.74) is -0.424. The van der Waals surface area contributed by atoms with Crippen molar-refractivity contribution in [2.75, 3.05) is 18.5 Å². The summed E-state index contributed by atoms with van der Waals surface area (Å²) in [6.45, 7) is 5.88. The molecule has 0 radical (unpaired) electrons. The molecule has 0 saturated carbocycles. The van der Waals surface area contributed by atoms with Crippen LogP contribution in [-0.2, 0) is 4.79 Å². The van der Waals surface area contributed by atoms with Gasteiger partial charge in [-0.2, -0.15) is 0 Å². The maximum Gasteiger partial charge on any atom is 0.291 e. The highest BCUT2D eigenvalue weighted by Gasteiger charge is 2.21. The van der Waals surface area contributed by atoms with Gasteiger partial charge in [-0.3, -0.25) is 9.59 Å². The third-order valence-corrected chi connectivity index (χ3v) is 4.13. The number of hydrogen-bond acceptors (Lipinski definition) is 5. The number of benzene rings is 1. The molecular formula is C21H28N2O5. The van der Waals surface area contributed by atoms with Crippen molar-refractivity contribution >= 4 is 17.5 Å². The van der Waals surface area contributed by atoms with Crippen LogP contribution in [0.25, 0.3) is 0 Å². The van der Waals surface area contributed by atoms with Crippen molar-refractivity contribution in [3.05, 3.63) is 48.4 Å². The van der Waals surface area contributed by atoms with Gasteiger partial charge in [0.1, 0.15) is 5.75 Å². The van der Waals surface area contributed by atoms with Crippen molar-refractivity contribution in [1.29, 1.82) is 0 Å². The van der Waals surface area contributed by atoms with Crippen LogP contribution in [-0.4, -0.2) is 35.7 Å². The lowest BCUT2D eigenvalue weighted by Gasteiger charge is -2.24. The van der Waals surface area contributed by atoms with Crippen molar-refractivity contribution in [3.8, 4) is 5.75 Å². The number of anilines is 1. The monoisotopic (exact) mass is 388 g/mol. The molecule has 0 fully saturated rings. The fourth-order valence-corrected chi connectivity index (χ4v) is 2.44. The molecule has 3 N–H and O–H groups in total. The number of ether oxygens (including phenoxy) is 1. The summed E-state index contributed by atoms with van der Waals surface area (Å²) >= 11 is 0. The second kappa shape index (κ2) is 9.94. The SMILES string of the molecule is CC(C)CCC(C)(O)CNC(=O)COc1cccc(NC(=O)c2ccco2)c1. The first-order valence-corrected chi connectivity index (χ1v) is 9.32. The van der Waals surface area contributed by atoms with E-state index in [0.29, 0.717) is 23.8 Å². The molecule has 1 unspecified atom stereocenters. The average Bonchev–Trinajstić information content (AvgIpc) is 3.18. The Morgan fingerprint density at radius 3 is 2.71 bits per heavy atom. The largest absolute Gasteiger partial charge is 0.484 e. The number of aliphatic hydroxyl groups is 1. The number of rotatable bonds is 10. The van der Waals surface area contributed by atoms with E-state index in [2.05, 4.69) is 24.5 Å². The smallest absolute Gasteiger partial charge is 0.291 e. The summed E-state index contributed by atoms with van der Waals surface area (Å²) in [5, 5.41) is 15.7. The van der Waals surface area contributed by atoms with Crippen molar-refractivity contribution in [1.82, 2.24) is 5.32 Å². The normalized spacial score (nSPS) is 13.0. The number of carbonyl (C=O) groups excluding carboxylic acids is 2. The van der Waals surface area contributed by atoms with E-state index in [9.17, 15) is 14.7 Å². The molecule has 1 heterocycles. The van der Waals surface area contributed by atoms with Crippen molar-refractivity contribution < 1.29 is 23.8 Å². The Morgan fingerprint density at radius 1 is 1.25 bits per heavy atom. The van der Waals surface area contributed by atoms with Gasteiger partial charge >= 0.3 is 0 Å². The Balaban J connectivity index is 1.79. The van der Waals surface area contributed by atoms with Crippen LogP contribution in [0.1, 0.15) is 44.2 Å². The highest BCUT2D eigenvalue weighted by atomic mass is 16.5. The third kappa shape index (κ3) is 7.44. The fraction of sp³-hybridized carbons (Fsp3) is 0.429. The topological polar surface area (TPSA) is 101 Å². The minimum atomic E-state index is -0.948. The molecule has 7 nitrogen and oxygen atoms in total. The lowest BCUT2D eigenvalue weighted by atomic mass is 9.95. The fourth-order valence-electron chi connectivity index (χ4n) is 2.44. The molecule has 2 amide bonds. The molecule has 1 aromatic carbocycles. The van der Waals surface area contributed by atoms with Crippen LogP contribution < -0.4 is 15.4 Å². The van der Waals surface area contributed by atoms with E-state index in [1.807, 2.05) is 0 Å². The molecule has 2 aromatic rings. The lowest BCUT2D eigenvalue weighted by molar-refractivity contribution is -0.124. The Morgan fingerprint density at radius 2 is 2.04 bits per heavy atom. The maximum absolute atomic E-state index is 12.0. The molecule has 0 spiro atoms. The Kier molecular flexibility index (Phi) is 7.63. The summed E-state index contributed by atoms with van der Waals surface area (Å²) < 4.78 is 10.5. The number of hydrogen-bond donors (Lipinski definition) is 3. The van der Waals surface area contributed by atoms with Crippen molar-refractivity contribution in [3.63, 3.8) is 0 Å². The number of carbonyl (C=O) groups is 2. The first-order valence-electron chi connectivity index (χ1n) is 9.32. The number of amides is 2. The Labute approximate surface area is 165 Å². The van der Waals surface area contributed by atoms with Crippen molar-refractivity contribution in [2.45, 2.75) is 39.2 Å². The van der Waals surface area contributed by atoms with E-state index in [1.165, 1.54) is 6.26 Å². The van der Waals surface area contributed by atoms with Gasteiger partial charge in [0.25, 0.3) is 11.8 Å². The van der Waals surface area contributed by atoms with Crippen LogP contribution in [0.2, 0.25) is 0 Å². The lowest BCUT2D eigenvalue weighted by Crippen LogP contribution is -2.42. The summed E-state index contributed by atoms with van der Waals surface area (Å²) in [5.74, 6) is 0.443. The van der Waals surface area contributed by atoms with Gasteiger partial charge in [0.15, 0.2) is 12.4 Å². The molecule has 28 heavy (non-hydrogen) atoms. The van der Waals surface area contributed by atoms with E-state index in [1.54, 1.807) is 43.3 Å². The highest BCUT2D eigenvalue weighted by molar-refractivity contribution is 6.02. The standard InChI is InChI=1S/C21H28N2O5/c1-15(2)9-10-21(3,26)14-22-19(24)13-28-17-7-4-6-16(12-17)23-20(25)18-8-5-11-27-18/h4-8,11-12,15,26H,9-10,13-14H2,1-3H3,(H,22,24)(H,23,25). The predicted molar refractivity (Wildman–Crippen MR) is 106 cm³/mol.